The fourth-order valence-corrected chi connectivity index (χ4v) is 5.59. The van der Waals surface area contributed by atoms with Crippen molar-refractivity contribution >= 4 is 33.3 Å². The van der Waals surface area contributed by atoms with Crippen LogP contribution in [0.15, 0.2) is 0 Å². The Morgan fingerprint density at radius 3 is 2.46 bits per heavy atom. The van der Waals surface area contributed by atoms with Gasteiger partial charge >= 0.3 is 0 Å². The summed E-state index contributed by atoms with van der Waals surface area (Å²) in [5.74, 6) is 0.156. The Morgan fingerprint density at radius 1 is 1.15 bits per heavy atom. The monoisotopic (exact) mass is 406 g/mol. The van der Waals surface area contributed by atoms with E-state index in [0.717, 1.165) is 12.8 Å². The molecule has 3 aliphatic rings. The molecular formula is C16H27ClN4O4S. The van der Waals surface area contributed by atoms with Crippen molar-refractivity contribution in [1.82, 2.24) is 20.7 Å². The van der Waals surface area contributed by atoms with Crippen molar-refractivity contribution in [3.63, 3.8) is 0 Å². The molecule has 0 aromatic carbocycles. The van der Waals surface area contributed by atoms with Crippen LogP contribution in [0.25, 0.3) is 0 Å². The summed E-state index contributed by atoms with van der Waals surface area (Å²) >= 11 is 6.19. The summed E-state index contributed by atoms with van der Waals surface area (Å²) in [6.45, 7) is 2.78. The molecule has 2 unspecified atom stereocenters. The molecule has 0 radical (unpaired) electrons. The topological polar surface area (TPSA) is 98.8 Å². The van der Waals surface area contributed by atoms with Gasteiger partial charge in [0.25, 0.3) is 5.91 Å². The molecule has 0 aromatic heterocycles. The number of hydrogen-bond donors (Lipinski definition) is 2. The highest BCUT2D eigenvalue weighted by Gasteiger charge is 2.38. The zero-order valence-corrected chi connectivity index (χ0v) is 16.6. The zero-order chi connectivity index (χ0) is 18.9. The van der Waals surface area contributed by atoms with Gasteiger partial charge in [-0.3, -0.25) is 19.9 Å². The molecular weight excluding hydrogens is 380 g/mol. The van der Waals surface area contributed by atoms with Crippen molar-refractivity contribution < 1.29 is 18.0 Å². The zero-order valence-electron chi connectivity index (χ0n) is 15.0. The van der Waals surface area contributed by atoms with Crippen molar-refractivity contribution in [2.45, 2.75) is 42.4 Å². The number of carbonyl (C=O) groups is 2. The summed E-state index contributed by atoms with van der Waals surface area (Å²) in [6, 6.07) is -0.193. The molecule has 2 heterocycles. The molecule has 1 aliphatic carbocycles. The molecule has 3 rings (SSSR count). The molecule has 2 saturated heterocycles. The normalized spacial score (nSPS) is 34.6. The van der Waals surface area contributed by atoms with E-state index in [1.54, 1.807) is 0 Å². The van der Waals surface area contributed by atoms with Gasteiger partial charge in [0.05, 0.1) is 11.8 Å². The van der Waals surface area contributed by atoms with Gasteiger partial charge in [-0.1, -0.05) is 0 Å². The van der Waals surface area contributed by atoms with Crippen molar-refractivity contribution in [3.8, 4) is 0 Å². The van der Waals surface area contributed by atoms with Gasteiger partial charge in [-0.25, -0.2) is 13.8 Å². The van der Waals surface area contributed by atoms with Crippen LogP contribution < -0.4 is 10.9 Å². The first kappa shape index (κ1) is 19.9. The molecule has 0 aromatic rings. The van der Waals surface area contributed by atoms with E-state index in [9.17, 15) is 18.0 Å². The molecule has 3 fully saturated rings. The van der Waals surface area contributed by atoms with E-state index < -0.39 is 15.2 Å². The van der Waals surface area contributed by atoms with E-state index in [1.165, 1.54) is 6.26 Å². The summed E-state index contributed by atoms with van der Waals surface area (Å²) in [7, 11) is -2.96. The largest absolute Gasteiger partial charge is 0.340 e. The van der Waals surface area contributed by atoms with E-state index in [1.807, 2.05) is 9.80 Å². The maximum Gasteiger partial charge on any atom is 0.253 e. The van der Waals surface area contributed by atoms with E-state index in [-0.39, 0.29) is 29.7 Å². The SMILES string of the molecule is CS(=O)(=O)C1CCC(CN2CCN(C3CNNC(=O)C3Cl)CC2=O)CC1. The number of carbonyl (C=O) groups excluding carboxylic acids is 2. The number of halogens is 1. The molecule has 26 heavy (non-hydrogen) atoms. The Bertz CT molecular complexity index is 651. The first-order valence-electron chi connectivity index (χ1n) is 9.13. The minimum Gasteiger partial charge on any atom is -0.340 e. The second kappa shape index (κ2) is 8.00. The van der Waals surface area contributed by atoms with Crippen molar-refractivity contribution in [3.05, 3.63) is 0 Å². The fourth-order valence-electron chi connectivity index (χ4n) is 4.16. The summed E-state index contributed by atoms with van der Waals surface area (Å²) in [5, 5.41) is -0.890. The van der Waals surface area contributed by atoms with Gasteiger partial charge in [0, 0.05) is 38.5 Å². The van der Waals surface area contributed by atoms with Crippen LogP contribution in [0.1, 0.15) is 25.7 Å². The van der Waals surface area contributed by atoms with Crippen LogP contribution in [0.2, 0.25) is 0 Å². The van der Waals surface area contributed by atoms with Gasteiger partial charge in [0.2, 0.25) is 5.91 Å². The lowest BCUT2D eigenvalue weighted by Crippen LogP contribution is -2.65. The standard InChI is InChI=1S/C16H27ClN4O4S/c1-26(24,25)12-4-2-11(3-5-12)9-21-7-6-20(10-14(21)22)13-8-18-19-16(23)15(13)17/h11-13,15,18H,2-10H2,1H3,(H,19,23). The molecule has 2 atom stereocenters. The first-order chi connectivity index (χ1) is 12.3. The average molecular weight is 407 g/mol. The van der Waals surface area contributed by atoms with Crippen molar-refractivity contribution in [2.24, 2.45) is 5.92 Å². The highest BCUT2D eigenvalue weighted by atomic mass is 35.5. The molecule has 10 heteroatoms. The number of hydrogen-bond acceptors (Lipinski definition) is 6. The number of nitrogens with zero attached hydrogens (tertiary/aromatic N) is 2. The van der Waals surface area contributed by atoms with Crippen molar-refractivity contribution in [1.29, 1.82) is 0 Å². The number of sulfone groups is 1. The third kappa shape index (κ3) is 4.49. The highest BCUT2D eigenvalue weighted by molar-refractivity contribution is 7.91. The van der Waals surface area contributed by atoms with Crippen LogP contribution >= 0.6 is 11.6 Å². The molecule has 8 nitrogen and oxygen atoms in total. The summed E-state index contributed by atoms with van der Waals surface area (Å²) in [5.41, 5.74) is 5.32. The number of hydrazine groups is 1. The van der Waals surface area contributed by atoms with Gasteiger partial charge in [0.1, 0.15) is 15.2 Å². The maximum absolute atomic E-state index is 12.6. The Hall–Kier alpha value is -0.900. The minimum absolute atomic E-state index is 0.0522. The van der Waals surface area contributed by atoms with E-state index in [2.05, 4.69) is 10.9 Å². The smallest absolute Gasteiger partial charge is 0.253 e. The molecule has 2 amide bonds. The Balaban J connectivity index is 1.49. The fraction of sp³-hybridized carbons (Fsp3) is 0.875. The quantitative estimate of drug-likeness (QED) is 0.602. The van der Waals surface area contributed by atoms with Gasteiger partial charge in [-0.2, -0.15) is 0 Å². The van der Waals surface area contributed by atoms with Crippen LogP contribution in [-0.2, 0) is 19.4 Å². The van der Waals surface area contributed by atoms with Gasteiger partial charge < -0.3 is 4.90 Å². The second-order valence-corrected chi connectivity index (χ2v) is 10.4. The van der Waals surface area contributed by atoms with Crippen LogP contribution in [0.5, 0.6) is 0 Å². The second-order valence-electron chi connectivity index (χ2n) is 7.62. The first-order valence-corrected chi connectivity index (χ1v) is 11.5. The number of nitrogens with one attached hydrogen (secondary N) is 2. The van der Waals surface area contributed by atoms with E-state index in [0.29, 0.717) is 44.9 Å². The molecule has 2 aliphatic heterocycles. The molecule has 2 N–H and O–H groups in total. The molecule has 148 valence electrons. The maximum atomic E-state index is 12.6. The number of piperazine rings is 1. The Labute approximate surface area is 159 Å². The number of rotatable bonds is 4. The average Bonchev–Trinajstić information content (AvgIpc) is 2.59. The van der Waals surface area contributed by atoms with Crippen LogP contribution in [0.3, 0.4) is 0 Å². The van der Waals surface area contributed by atoms with Crippen LogP contribution in [0, 0.1) is 5.92 Å². The Kier molecular flexibility index (Phi) is 6.11. The highest BCUT2D eigenvalue weighted by Crippen LogP contribution is 2.29. The van der Waals surface area contributed by atoms with Gasteiger partial charge in [-0.15, -0.1) is 11.6 Å². The van der Waals surface area contributed by atoms with Crippen LogP contribution in [-0.4, -0.2) is 85.7 Å². The third-order valence-corrected chi connectivity index (χ3v) is 7.98. The summed E-state index contributed by atoms with van der Waals surface area (Å²) < 4.78 is 23.3. The number of alkyl halides is 1. The number of amides is 2. The molecule has 0 bridgehead atoms. The lowest BCUT2D eigenvalue weighted by Gasteiger charge is -2.42. The predicted octanol–water partition coefficient (Wildman–Crippen LogP) is -0.656. The molecule has 1 saturated carbocycles. The predicted molar refractivity (Wildman–Crippen MR) is 98.3 cm³/mol. The summed E-state index contributed by atoms with van der Waals surface area (Å²) in [4.78, 5) is 28.1. The Morgan fingerprint density at radius 2 is 1.85 bits per heavy atom. The van der Waals surface area contributed by atoms with Gasteiger partial charge in [-0.05, 0) is 31.6 Å². The lowest BCUT2D eigenvalue weighted by atomic mass is 9.88. The van der Waals surface area contributed by atoms with Crippen molar-refractivity contribution in [2.75, 3.05) is 39.0 Å². The minimum atomic E-state index is -2.96. The molecule has 0 spiro atoms. The van der Waals surface area contributed by atoms with Gasteiger partial charge in [0.15, 0.2) is 0 Å². The van der Waals surface area contributed by atoms with Crippen LogP contribution in [0.4, 0.5) is 0 Å². The lowest BCUT2D eigenvalue weighted by molar-refractivity contribution is -0.139. The van der Waals surface area contributed by atoms with E-state index in [4.69, 9.17) is 11.6 Å². The third-order valence-electron chi connectivity index (χ3n) is 5.81. The van der Waals surface area contributed by atoms with E-state index >= 15 is 0 Å². The summed E-state index contributed by atoms with van der Waals surface area (Å²) in [6.07, 6.45) is 4.39.